The van der Waals surface area contributed by atoms with Crippen molar-refractivity contribution in [2.75, 3.05) is 0 Å². The molecule has 0 atom stereocenters. The normalized spacial score (nSPS) is 10.4. The number of H-pyrrole nitrogens is 1. The highest BCUT2D eigenvalue weighted by Gasteiger charge is 2.11. The van der Waals surface area contributed by atoms with Crippen molar-refractivity contribution < 1.29 is 20.4 Å². The minimum Gasteiger partial charge on any atom is -0.504 e. The second-order valence-electron chi connectivity index (χ2n) is 3.90. The number of benzene rings is 2. The summed E-state index contributed by atoms with van der Waals surface area (Å²) in [4.78, 5) is 2.97. The van der Waals surface area contributed by atoms with E-state index in [1.807, 2.05) is 13.8 Å². The third kappa shape index (κ3) is 1.99. The third-order valence-corrected chi connectivity index (χ3v) is 2.79. The fraction of sp³-hybridized carbons (Fsp3) is 0.143. The van der Waals surface area contributed by atoms with Gasteiger partial charge >= 0.3 is 0 Å². The number of phenolic OH excluding ortho intramolecular Hbond substituents is 4. The topological polar surface area (TPSA) is 96.7 Å². The molecule has 100 valence electrons. The summed E-state index contributed by atoms with van der Waals surface area (Å²) in [6.07, 6.45) is 0. The highest BCUT2D eigenvalue weighted by molar-refractivity contribution is 6.09. The standard InChI is InChI=1S/C12H9NO4.C2H6/c14-9-1-5-6-2-10(15)12(17)4-8(6)13-7(5)3-11(9)16;1-2/h1-4,13-17H;1-2H3. The van der Waals surface area contributed by atoms with E-state index in [-0.39, 0.29) is 23.0 Å². The Morgan fingerprint density at radius 1 is 0.632 bits per heavy atom. The van der Waals surface area contributed by atoms with Crippen LogP contribution < -0.4 is 0 Å². The van der Waals surface area contributed by atoms with E-state index in [0.717, 1.165) is 0 Å². The predicted octanol–water partition coefficient (Wildman–Crippen LogP) is 3.17. The number of aromatic amines is 1. The predicted molar refractivity (Wildman–Crippen MR) is 73.8 cm³/mol. The summed E-state index contributed by atoms with van der Waals surface area (Å²) in [6, 6.07) is 5.58. The van der Waals surface area contributed by atoms with Gasteiger partial charge in [0.1, 0.15) is 0 Å². The van der Waals surface area contributed by atoms with Gasteiger partial charge in [0.25, 0.3) is 0 Å². The quantitative estimate of drug-likeness (QED) is 0.401. The Hall–Kier alpha value is -2.56. The van der Waals surface area contributed by atoms with Gasteiger partial charge in [0, 0.05) is 22.9 Å². The number of hydrogen-bond acceptors (Lipinski definition) is 4. The van der Waals surface area contributed by atoms with Gasteiger partial charge in [-0.1, -0.05) is 13.8 Å². The molecule has 2 aromatic carbocycles. The Bertz CT molecular complexity index is 684. The molecule has 0 spiro atoms. The number of phenols is 4. The Morgan fingerprint density at radius 2 is 0.947 bits per heavy atom. The first-order valence-corrected chi connectivity index (χ1v) is 5.95. The van der Waals surface area contributed by atoms with Gasteiger partial charge in [0.15, 0.2) is 23.0 Å². The van der Waals surface area contributed by atoms with Crippen LogP contribution in [0, 0.1) is 0 Å². The van der Waals surface area contributed by atoms with Crippen molar-refractivity contribution in [3.05, 3.63) is 24.3 Å². The van der Waals surface area contributed by atoms with Gasteiger partial charge in [-0.3, -0.25) is 0 Å². The van der Waals surface area contributed by atoms with Crippen LogP contribution in [0.5, 0.6) is 23.0 Å². The van der Waals surface area contributed by atoms with Crippen molar-refractivity contribution in [2.24, 2.45) is 0 Å². The molecule has 3 rings (SSSR count). The minimum atomic E-state index is -0.231. The van der Waals surface area contributed by atoms with Gasteiger partial charge in [0.2, 0.25) is 0 Å². The number of aromatic hydroxyl groups is 4. The molecule has 5 heteroatoms. The van der Waals surface area contributed by atoms with E-state index in [4.69, 9.17) is 0 Å². The number of aromatic nitrogens is 1. The molecule has 5 nitrogen and oxygen atoms in total. The van der Waals surface area contributed by atoms with Crippen molar-refractivity contribution in [3.63, 3.8) is 0 Å². The summed E-state index contributed by atoms with van der Waals surface area (Å²) in [6.45, 7) is 4.00. The molecule has 5 N–H and O–H groups in total. The summed E-state index contributed by atoms with van der Waals surface area (Å²) < 4.78 is 0. The van der Waals surface area contributed by atoms with E-state index >= 15 is 0 Å². The fourth-order valence-corrected chi connectivity index (χ4v) is 1.95. The molecule has 0 aliphatic rings. The zero-order valence-electron chi connectivity index (χ0n) is 10.6. The zero-order chi connectivity index (χ0) is 14.2. The first-order chi connectivity index (χ1) is 9.06. The van der Waals surface area contributed by atoms with Crippen LogP contribution in [0.2, 0.25) is 0 Å². The Labute approximate surface area is 109 Å². The maximum Gasteiger partial charge on any atom is 0.159 e. The Balaban J connectivity index is 0.000000637. The van der Waals surface area contributed by atoms with E-state index in [9.17, 15) is 20.4 Å². The van der Waals surface area contributed by atoms with Crippen LogP contribution >= 0.6 is 0 Å². The highest BCUT2D eigenvalue weighted by atomic mass is 16.3. The van der Waals surface area contributed by atoms with E-state index in [1.54, 1.807) is 0 Å². The highest BCUT2D eigenvalue weighted by Crippen LogP contribution is 2.38. The lowest BCUT2D eigenvalue weighted by Gasteiger charge is -1.98. The summed E-state index contributed by atoms with van der Waals surface area (Å²) in [5.74, 6) is -0.910. The largest absolute Gasteiger partial charge is 0.504 e. The van der Waals surface area contributed by atoms with Gasteiger partial charge in [-0.05, 0) is 12.1 Å². The second-order valence-corrected chi connectivity index (χ2v) is 3.90. The van der Waals surface area contributed by atoms with Gasteiger partial charge < -0.3 is 25.4 Å². The SMILES string of the molecule is CC.Oc1cc2[nH]c3cc(O)c(O)cc3c2cc1O. The van der Waals surface area contributed by atoms with E-state index in [1.165, 1.54) is 24.3 Å². The summed E-state index contributed by atoms with van der Waals surface area (Å²) in [7, 11) is 0. The molecule has 3 aromatic rings. The molecule has 0 saturated carbocycles. The lowest BCUT2D eigenvalue weighted by atomic mass is 10.1. The van der Waals surface area contributed by atoms with Gasteiger partial charge in [0.05, 0.1) is 11.0 Å². The average molecular weight is 261 g/mol. The fourth-order valence-electron chi connectivity index (χ4n) is 1.95. The molecule has 1 heterocycles. The lowest BCUT2D eigenvalue weighted by molar-refractivity contribution is 0.404. The van der Waals surface area contributed by atoms with E-state index in [2.05, 4.69) is 4.98 Å². The van der Waals surface area contributed by atoms with Gasteiger partial charge in [-0.25, -0.2) is 0 Å². The van der Waals surface area contributed by atoms with E-state index < -0.39 is 0 Å². The number of hydrogen-bond donors (Lipinski definition) is 5. The van der Waals surface area contributed by atoms with Crippen LogP contribution in [-0.2, 0) is 0 Å². The van der Waals surface area contributed by atoms with Crippen LogP contribution in [0.4, 0.5) is 0 Å². The van der Waals surface area contributed by atoms with Crippen molar-refractivity contribution in [2.45, 2.75) is 13.8 Å². The monoisotopic (exact) mass is 261 g/mol. The van der Waals surface area contributed by atoms with Crippen LogP contribution in [0.3, 0.4) is 0 Å². The molecule has 0 fully saturated rings. The summed E-state index contributed by atoms with van der Waals surface area (Å²) in [5.41, 5.74) is 1.22. The summed E-state index contributed by atoms with van der Waals surface area (Å²) in [5, 5.41) is 39.0. The van der Waals surface area contributed by atoms with Crippen LogP contribution in [0.1, 0.15) is 13.8 Å². The number of rotatable bonds is 0. The van der Waals surface area contributed by atoms with Crippen LogP contribution in [-0.4, -0.2) is 25.4 Å². The molecule has 0 bridgehead atoms. The van der Waals surface area contributed by atoms with Gasteiger partial charge in [-0.15, -0.1) is 0 Å². The van der Waals surface area contributed by atoms with E-state index in [0.29, 0.717) is 21.8 Å². The van der Waals surface area contributed by atoms with Gasteiger partial charge in [-0.2, -0.15) is 0 Å². The number of fused-ring (bicyclic) bond motifs is 3. The molecule has 0 unspecified atom stereocenters. The number of nitrogens with one attached hydrogen (secondary N) is 1. The maximum atomic E-state index is 9.44. The molecule has 0 radical (unpaired) electrons. The van der Waals surface area contributed by atoms with Crippen molar-refractivity contribution in [1.29, 1.82) is 0 Å². The zero-order valence-corrected chi connectivity index (χ0v) is 10.6. The van der Waals surface area contributed by atoms with Crippen molar-refractivity contribution >= 4 is 21.8 Å². The summed E-state index contributed by atoms with van der Waals surface area (Å²) >= 11 is 0. The third-order valence-electron chi connectivity index (χ3n) is 2.79. The maximum absolute atomic E-state index is 9.44. The van der Waals surface area contributed by atoms with Crippen LogP contribution in [0.15, 0.2) is 24.3 Å². The first kappa shape index (κ1) is 12.9. The Kier molecular flexibility index (Phi) is 3.12. The molecule has 0 aliphatic heterocycles. The molecular formula is C14H15NO4. The smallest absolute Gasteiger partial charge is 0.159 e. The second kappa shape index (κ2) is 4.61. The molecule has 0 amide bonds. The minimum absolute atomic E-state index is 0.225. The molecular weight excluding hydrogens is 246 g/mol. The molecule has 19 heavy (non-hydrogen) atoms. The Morgan fingerprint density at radius 3 is 1.32 bits per heavy atom. The average Bonchev–Trinajstić information content (AvgIpc) is 2.70. The molecule has 1 aromatic heterocycles. The molecule has 0 aliphatic carbocycles. The first-order valence-electron chi connectivity index (χ1n) is 5.95. The van der Waals surface area contributed by atoms with Crippen molar-refractivity contribution in [3.8, 4) is 23.0 Å². The van der Waals surface area contributed by atoms with Crippen LogP contribution in [0.25, 0.3) is 21.8 Å². The lowest BCUT2D eigenvalue weighted by Crippen LogP contribution is -1.71. The molecule has 0 saturated heterocycles. The van der Waals surface area contributed by atoms with Crippen molar-refractivity contribution in [1.82, 2.24) is 4.98 Å².